The summed E-state index contributed by atoms with van der Waals surface area (Å²) in [5, 5.41) is 9.91. The number of fused-ring (bicyclic) bond motifs is 1. The molecule has 0 saturated heterocycles. The fourth-order valence-electron chi connectivity index (χ4n) is 2.48. The van der Waals surface area contributed by atoms with Gasteiger partial charge in [-0.3, -0.25) is 11.3 Å². The van der Waals surface area contributed by atoms with E-state index >= 15 is 0 Å². The van der Waals surface area contributed by atoms with Crippen LogP contribution < -0.4 is 11.3 Å². The molecular formula is C16H15N3O2. The smallest absolute Gasteiger partial charge is 0.352 e. The summed E-state index contributed by atoms with van der Waals surface area (Å²) in [5.74, 6) is 4.46. The molecular weight excluding hydrogens is 266 g/mol. The summed E-state index contributed by atoms with van der Waals surface area (Å²) in [6.45, 7) is 0.571. The third kappa shape index (κ3) is 2.52. The predicted molar refractivity (Wildman–Crippen MR) is 81.7 cm³/mol. The van der Waals surface area contributed by atoms with E-state index in [-0.39, 0.29) is 5.69 Å². The van der Waals surface area contributed by atoms with Gasteiger partial charge in [-0.05, 0) is 34.9 Å². The molecule has 5 N–H and O–H groups in total. The van der Waals surface area contributed by atoms with E-state index in [1.54, 1.807) is 6.07 Å². The molecule has 5 nitrogen and oxygen atoms in total. The van der Waals surface area contributed by atoms with Gasteiger partial charge in [-0.2, -0.15) is 0 Å². The Kier molecular flexibility index (Phi) is 3.43. The first-order valence-corrected chi connectivity index (χ1v) is 6.57. The fourth-order valence-corrected chi connectivity index (χ4v) is 2.48. The number of hydrogen-bond acceptors (Lipinski definition) is 3. The van der Waals surface area contributed by atoms with Crippen molar-refractivity contribution in [2.75, 3.05) is 0 Å². The van der Waals surface area contributed by atoms with Crippen molar-refractivity contribution in [3.63, 3.8) is 0 Å². The molecule has 1 aromatic heterocycles. The van der Waals surface area contributed by atoms with Gasteiger partial charge in [0.05, 0.1) is 0 Å². The van der Waals surface area contributed by atoms with Crippen LogP contribution in [0.15, 0.2) is 48.5 Å². The highest BCUT2D eigenvalue weighted by atomic mass is 16.4. The Morgan fingerprint density at radius 1 is 1.19 bits per heavy atom. The highest BCUT2D eigenvalue weighted by Gasteiger charge is 2.09. The molecule has 21 heavy (non-hydrogen) atoms. The zero-order valence-corrected chi connectivity index (χ0v) is 11.3. The van der Waals surface area contributed by atoms with Gasteiger partial charge < -0.3 is 10.1 Å². The van der Waals surface area contributed by atoms with Crippen molar-refractivity contribution in [1.29, 1.82) is 0 Å². The lowest BCUT2D eigenvalue weighted by atomic mass is 9.98. The molecule has 3 aromatic rings. The fraction of sp³-hybridized carbons (Fsp3) is 0.0625. The number of H-pyrrole nitrogens is 1. The summed E-state index contributed by atoms with van der Waals surface area (Å²) in [5.41, 5.74) is 6.87. The van der Waals surface area contributed by atoms with Crippen molar-refractivity contribution in [3.8, 4) is 11.1 Å². The number of benzene rings is 2. The Hall–Kier alpha value is -2.63. The van der Waals surface area contributed by atoms with Gasteiger partial charge in [0, 0.05) is 17.4 Å². The van der Waals surface area contributed by atoms with Crippen LogP contribution in [0.25, 0.3) is 22.0 Å². The minimum Gasteiger partial charge on any atom is -0.477 e. The summed E-state index contributed by atoms with van der Waals surface area (Å²) in [7, 11) is 0. The number of nitrogens with one attached hydrogen (secondary N) is 2. The van der Waals surface area contributed by atoms with Gasteiger partial charge in [-0.25, -0.2) is 4.79 Å². The van der Waals surface area contributed by atoms with Crippen molar-refractivity contribution in [3.05, 3.63) is 59.8 Å². The number of rotatable bonds is 4. The molecule has 0 aliphatic heterocycles. The van der Waals surface area contributed by atoms with Gasteiger partial charge in [0.15, 0.2) is 0 Å². The molecule has 0 aliphatic rings. The molecule has 0 bridgehead atoms. The average Bonchev–Trinajstić information content (AvgIpc) is 2.91. The molecule has 2 aromatic carbocycles. The van der Waals surface area contributed by atoms with E-state index in [1.165, 1.54) is 0 Å². The van der Waals surface area contributed by atoms with Crippen LogP contribution in [0.4, 0.5) is 0 Å². The van der Waals surface area contributed by atoms with E-state index in [9.17, 15) is 4.79 Å². The highest BCUT2D eigenvalue weighted by molar-refractivity contribution is 5.95. The Morgan fingerprint density at radius 3 is 2.76 bits per heavy atom. The van der Waals surface area contributed by atoms with E-state index in [4.69, 9.17) is 10.9 Å². The van der Waals surface area contributed by atoms with Crippen molar-refractivity contribution in [1.82, 2.24) is 10.4 Å². The van der Waals surface area contributed by atoms with Gasteiger partial charge >= 0.3 is 5.97 Å². The number of nitrogens with two attached hydrogens (primary N) is 1. The van der Waals surface area contributed by atoms with Crippen LogP contribution in [0.2, 0.25) is 0 Å². The van der Waals surface area contributed by atoms with Gasteiger partial charge in [-0.15, -0.1) is 0 Å². The van der Waals surface area contributed by atoms with Crippen molar-refractivity contribution >= 4 is 16.9 Å². The molecule has 0 radical (unpaired) electrons. The van der Waals surface area contributed by atoms with Gasteiger partial charge in [0.2, 0.25) is 0 Å². The standard InChI is InChI=1S/C16H15N3O2/c17-18-9-11-3-1-2-4-13(11)10-5-6-14-12(7-10)8-15(19-14)16(20)21/h1-8,18-19H,9,17H2,(H,20,21). The molecule has 0 unspecified atom stereocenters. The van der Waals surface area contributed by atoms with E-state index in [0.717, 1.165) is 27.6 Å². The third-order valence-electron chi connectivity index (χ3n) is 3.47. The zero-order valence-electron chi connectivity index (χ0n) is 11.3. The maximum absolute atomic E-state index is 11.0. The molecule has 0 atom stereocenters. The quantitative estimate of drug-likeness (QED) is 0.437. The molecule has 1 heterocycles. The largest absolute Gasteiger partial charge is 0.477 e. The first kappa shape index (κ1) is 13.4. The summed E-state index contributed by atoms with van der Waals surface area (Å²) in [6.07, 6.45) is 0. The summed E-state index contributed by atoms with van der Waals surface area (Å²) >= 11 is 0. The second kappa shape index (κ2) is 5.40. The van der Waals surface area contributed by atoms with Crippen LogP contribution in [-0.4, -0.2) is 16.1 Å². The van der Waals surface area contributed by atoms with Crippen LogP contribution in [0.5, 0.6) is 0 Å². The zero-order chi connectivity index (χ0) is 14.8. The lowest BCUT2D eigenvalue weighted by Crippen LogP contribution is -2.21. The van der Waals surface area contributed by atoms with Gasteiger partial charge in [0.1, 0.15) is 5.69 Å². The van der Waals surface area contributed by atoms with Crippen molar-refractivity contribution in [2.45, 2.75) is 6.54 Å². The number of aromatic nitrogens is 1. The van der Waals surface area contributed by atoms with Crippen LogP contribution >= 0.6 is 0 Å². The van der Waals surface area contributed by atoms with E-state index in [0.29, 0.717) is 6.54 Å². The monoisotopic (exact) mass is 281 g/mol. The Balaban J connectivity index is 2.10. The summed E-state index contributed by atoms with van der Waals surface area (Å²) < 4.78 is 0. The number of carbonyl (C=O) groups is 1. The minimum atomic E-state index is -0.958. The van der Waals surface area contributed by atoms with E-state index < -0.39 is 5.97 Å². The molecule has 0 amide bonds. The van der Waals surface area contributed by atoms with Crippen molar-refractivity contribution < 1.29 is 9.90 Å². The molecule has 5 heteroatoms. The number of hydrogen-bond donors (Lipinski definition) is 4. The van der Waals surface area contributed by atoms with Gasteiger partial charge in [-0.1, -0.05) is 30.3 Å². The molecule has 0 fully saturated rings. The number of carboxylic acids is 1. The molecule has 0 aliphatic carbocycles. The molecule has 106 valence electrons. The van der Waals surface area contributed by atoms with Gasteiger partial charge in [0.25, 0.3) is 0 Å². The maximum atomic E-state index is 11.0. The number of hydrazine groups is 1. The normalized spacial score (nSPS) is 10.9. The lowest BCUT2D eigenvalue weighted by Gasteiger charge is -2.09. The molecule has 0 spiro atoms. The van der Waals surface area contributed by atoms with Crippen LogP contribution in [0.1, 0.15) is 16.1 Å². The molecule has 3 rings (SSSR count). The Bertz CT molecular complexity index is 808. The maximum Gasteiger partial charge on any atom is 0.352 e. The van der Waals surface area contributed by atoms with Crippen LogP contribution in [0.3, 0.4) is 0 Å². The summed E-state index contributed by atoms with van der Waals surface area (Å²) in [6, 6.07) is 15.5. The van der Waals surface area contributed by atoms with E-state index in [1.807, 2.05) is 42.5 Å². The van der Waals surface area contributed by atoms with Crippen molar-refractivity contribution in [2.24, 2.45) is 5.84 Å². The Morgan fingerprint density at radius 2 is 2.00 bits per heavy atom. The number of aromatic carboxylic acids is 1. The average molecular weight is 281 g/mol. The molecule has 0 saturated carbocycles. The van der Waals surface area contributed by atoms with Crippen LogP contribution in [0, 0.1) is 0 Å². The minimum absolute atomic E-state index is 0.194. The van der Waals surface area contributed by atoms with Crippen LogP contribution in [-0.2, 0) is 6.54 Å². The third-order valence-corrected chi connectivity index (χ3v) is 3.47. The number of carboxylic acid groups (broad SMARTS) is 1. The highest BCUT2D eigenvalue weighted by Crippen LogP contribution is 2.27. The second-order valence-electron chi connectivity index (χ2n) is 4.83. The second-order valence-corrected chi connectivity index (χ2v) is 4.83. The first-order chi connectivity index (χ1) is 10.2. The summed E-state index contributed by atoms with van der Waals surface area (Å²) in [4.78, 5) is 13.9. The number of aromatic amines is 1. The topological polar surface area (TPSA) is 91.1 Å². The Labute approximate surface area is 121 Å². The van der Waals surface area contributed by atoms with E-state index in [2.05, 4.69) is 10.4 Å². The predicted octanol–water partition coefficient (Wildman–Crippen LogP) is 2.50. The SMILES string of the molecule is NNCc1ccccc1-c1ccc2[nH]c(C(=O)O)cc2c1. The lowest BCUT2D eigenvalue weighted by molar-refractivity contribution is 0.0691. The first-order valence-electron chi connectivity index (χ1n) is 6.57.